The topological polar surface area (TPSA) is 22.8 Å². The summed E-state index contributed by atoms with van der Waals surface area (Å²) in [4.78, 5) is 3.53. The zero-order chi connectivity index (χ0) is 17.6. The Bertz CT molecular complexity index is 851. The number of fused-ring (bicyclic) bond motifs is 1. The number of benzene rings is 2. The van der Waals surface area contributed by atoms with Gasteiger partial charge in [0.05, 0.1) is 15.9 Å². The van der Waals surface area contributed by atoms with Gasteiger partial charge in [-0.3, -0.25) is 0 Å². The van der Waals surface area contributed by atoms with E-state index in [1.807, 2.05) is 45.8 Å². The van der Waals surface area contributed by atoms with Crippen molar-refractivity contribution in [2.24, 2.45) is 0 Å². The number of nitrogens with zero attached hydrogens (tertiary/aromatic N) is 1. The monoisotopic (exact) mass is 293 g/mol. The molecular formula is C18H18BNO2. The van der Waals surface area contributed by atoms with Crippen LogP contribution in [-0.4, -0.2) is 6.92 Å². The Balaban J connectivity index is 2.02. The lowest BCUT2D eigenvalue weighted by Gasteiger charge is -2.12. The molecule has 3 nitrogen and oxygen atoms in total. The first-order valence-electron chi connectivity index (χ1n) is 8.22. The van der Waals surface area contributed by atoms with E-state index in [0.29, 0.717) is 22.7 Å². The zero-order valence-corrected chi connectivity index (χ0v) is 13.2. The molecule has 2 aromatic rings. The minimum absolute atomic E-state index is 0.272. The van der Waals surface area contributed by atoms with E-state index in [1.165, 1.54) is 0 Å². The molecule has 0 saturated heterocycles. The second-order valence-electron chi connectivity index (χ2n) is 5.68. The van der Waals surface area contributed by atoms with E-state index in [-0.39, 0.29) is 6.92 Å². The van der Waals surface area contributed by atoms with Crippen molar-refractivity contribution in [3.63, 3.8) is 0 Å². The van der Waals surface area contributed by atoms with E-state index in [9.17, 15) is 0 Å². The van der Waals surface area contributed by atoms with Crippen molar-refractivity contribution in [3.05, 3.63) is 57.9 Å². The van der Waals surface area contributed by atoms with Crippen LogP contribution in [0.25, 0.3) is 4.85 Å². The van der Waals surface area contributed by atoms with Gasteiger partial charge < -0.3 is 9.39 Å². The van der Waals surface area contributed by atoms with Crippen LogP contribution in [0.2, 0.25) is 6.82 Å². The van der Waals surface area contributed by atoms with Crippen LogP contribution < -0.4 is 10.2 Å². The highest BCUT2D eigenvalue weighted by Crippen LogP contribution is 2.32. The van der Waals surface area contributed by atoms with Gasteiger partial charge in [-0.1, -0.05) is 6.82 Å². The SMILES string of the molecule is [2H]C1([2H])OB(C)c2c(C)cc(Oc3cc(C)c([N+]#[C-])c(C)c3)cc21. The number of rotatable bonds is 2. The average molecular weight is 293 g/mol. The molecule has 0 radical (unpaired) electrons. The van der Waals surface area contributed by atoms with E-state index in [4.69, 9.17) is 18.7 Å². The minimum Gasteiger partial charge on any atom is -0.457 e. The summed E-state index contributed by atoms with van der Waals surface area (Å²) in [6, 6.07) is 7.26. The summed E-state index contributed by atoms with van der Waals surface area (Å²) in [5.41, 5.74) is 4.74. The van der Waals surface area contributed by atoms with Crippen LogP contribution in [0.15, 0.2) is 24.3 Å². The lowest BCUT2D eigenvalue weighted by atomic mass is 9.62. The van der Waals surface area contributed by atoms with Crippen molar-refractivity contribution in [1.82, 2.24) is 0 Å². The van der Waals surface area contributed by atoms with Crippen molar-refractivity contribution in [1.29, 1.82) is 0 Å². The lowest BCUT2D eigenvalue weighted by molar-refractivity contribution is 0.333. The predicted molar refractivity (Wildman–Crippen MR) is 89.5 cm³/mol. The minimum atomic E-state index is -1.81. The molecule has 110 valence electrons. The van der Waals surface area contributed by atoms with Gasteiger partial charge >= 0.3 is 6.92 Å². The maximum absolute atomic E-state index is 8.05. The molecule has 3 rings (SSSR count). The molecule has 0 fully saturated rings. The first kappa shape index (κ1) is 12.3. The molecule has 22 heavy (non-hydrogen) atoms. The third-order valence-corrected chi connectivity index (χ3v) is 3.92. The van der Waals surface area contributed by atoms with Crippen molar-refractivity contribution in [2.75, 3.05) is 0 Å². The largest absolute Gasteiger partial charge is 0.457 e. The molecule has 0 aliphatic carbocycles. The fourth-order valence-electron chi connectivity index (χ4n) is 2.95. The Labute approximate surface area is 134 Å². The predicted octanol–water partition coefficient (Wildman–Crippen LogP) is 4.31. The third kappa shape index (κ3) is 2.49. The molecule has 0 unspecified atom stereocenters. The Kier molecular flexibility index (Phi) is 3.08. The van der Waals surface area contributed by atoms with Gasteiger partial charge in [-0.15, -0.1) is 0 Å². The lowest BCUT2D eigenvalue weighted by Crippen LogP contribution is -2.26. The molecule has 1 aliphatic heterocycles. The standard InChI is InChI=1S/C18H18BNO2/c1-11-6-16(9-14-10-21-19(4)17(11)14)22-15-7-12(2)18(20-5)13(3)8-15/h6-9H,10H2,1-4H3/i10D2. The maximum Gasteiger partial charge on any atom is 0.324 e. The molecule has 2 aromatic carbocycles. The van der Waals surface area contributed by atoms with Crippen LogP contribution in [-0.2, 0) is 11.2 Å². The van der Waals surface area contributed by atoms with E-state index < -0.39 is 6.56 Å². The van der Waals surface area contributed by atoms with Gasteiger partial charge in [0.1, 0.15) is 11.5 Å². The van der Waals surface area contributed by atoms with Crippen LogP contribution in [0.4, 0.5) is 5.69 Å². The molecule has 0 bridgehead atoms. The highest BCUT2D eigenvalue weighted by molar-refractivity contribution is 6.68. The smallest absolute Gasteiger partial charge is 0.324 e. The summed E-state index contributed by atoms with van der Waals surface area (Å²) < 4.78 is 27.5. The summed E-state index contributed by atoms with van der Waals surface area (Å²) in [6.45, 7) is 12.7. The van der Waals surface area contributed by atoms with Crippen LogP contribution in [0, 0.1) is 27.3 Å². The van der Waals surface area contributed by atoms with Gasteiger partial charge in [0.2, 0.25) is 0 Å². The fraction of sp³-hybridized carbons (Fsp3) is 0.278. The molecule has 0 saturated carbocycles. The van der Waals surface area contributed by atoms with Crippen LogP contribution >= 0.6 is 0 Å². The van der Waals surface area contributed by atoms with E-state index in [1.54, 1.807) is 6.07 Å². The molecule has 0 N–H and O–H groups in total. The van der Waals surface area contributed by atoms with E-state index in [2.05, 4.69) is 4.85 Å². The average Bonchev–Trinajstić information content (AvgIpc) is 2.68. The molecule has 0 aromatic heterocycles. The van der Waals surface area contributed by atoms with Gasteiger partial charge in [0.15, 0.2) is 5.69 Å². The van der Waals surface area contributed by atoms with Crippen molar-refractivity contribution in [3.8, 4) is 11.5 Å². The number of ether oxygens (including phenoxy) is 1. The van der Waals surface area contributed by atoms with Gasteiger partial charge in [-0.25, -0.2) is 4.85 Å². The maximum atomic E-state index is 8.05. The highest BCUT2D eigenvalue weighted by Gasteiger charge is 2.26. The van der Waals surface area contributed by atoms with Crippen molar-refractivity contribution in [2.45, 2.75) is 34.2 Å². The number of hydrogen-bond acceptors (Lipinski definition) is 2. The van der Waals surface area contributed by atoms with Crippen LogP contribution in [0.3, 0.4) is 0 Å². The summed E-state index contributed by atoms with van der Waals surface area (Å²) in [7, 11) is 0. The van der Waals surface area contributed by atoms with Crippen molar-refractivity contribution >= 4 is 18.1 Å². The Morgan fingerprint density at radius 1 is 1.14 bits per heavy atom. The van der Waals surface area contributed by atoms with Crippen LogP contribution in [0.1, 0.15) is 25.0 Å². The van der Waals surface area contributed by atoms with Crippen LogP contribution in [0.5, 0.6) is 11.5 Å². The Hall–Kier alpha value is -2.25. The third-order valence-electron chi connectivity index (χ3n) is 3.92. The van der Waals surface area contributed by atoms with Gasteiger partial charge in [-0.2, -0.15) is 0 Å². The molecule has 4 heteroatoms. The normalized spacial score (nSPS) is 16.6. The Morgan fingerprint density at radius 3 is 2.36 bits per heavy atom. The molecular weight excluding hydrogens is 273 g/mol. The zero-order valence-electron chi connectivity index (χ0n) is 15.2. The van der Waals surface area contributed by atoms with Gasteiger partial charge in [0.25, 0.3) is 0 Å². The van der Waals surface area contributed by atoms with Gasteiger partial charge in [0, 0.05) is 0 Å². The second-order valence-corrected chi connectivity index (χ2v) is 5.68. The fourth-order valence-corrected chi connectivity index (χ4v) is 2.95. The second kappa shape index (κ2) is 5.51. The van der Waals surface area contributed by atoms with Gasteiger partial charge in [-0.05, 0) is 72.8 Å². The van der Waals surface area contributed by atoms with E-state index >= 15 is 0 Å². The summed E-state index contributed by atoms with van der Waals surface area (Å²) in [5, 5.41) is 0. The first-order valence-corrected chi connectivity index (χ1v) is 7.22. The van der Waals surface area contributed by atoms with Crippen molar-refractivity contribution < 1.29 is 12.1 Å². The molecule has 0 atom stereocenters. The Morgan fingerprint density at radius 2 is 1.73 bits per heavy atom. The summed E-state index contributed by atoms with van der Waals surface area (Å²) in [5.74, 6) is 1.21. The summed E-state index contributed by atoms with van der Waals surface area (Å²) in [6.07, 6.45) is 0. The quantitative estimate of drug-likeness (QED) is 0.608. The highest BCUT2D eigenvalue weighted by atomic mass is 16.5. The summed E-state index contributed by atoms with van der Waals surface area (Å²) >= 11 is 0. The molecule has 1 heterocycles. The molecule has 0 amide bonds. The molecule has 0 spiro atoms. The molecule has 1 aliphatic rings. The number of hydrogen-bond donors (Lipinski definition) is 0. The number of aryl methyl sites for hydroxylation is 3. The van der Waals surface area contributed by atoms with E-state index in [0.717, 1.165) is 22.2 Å². The first-order chi connectivity index (χ1) is 11.2.